The van der Waals surface area contributed by atoms with Gasteiger partial charge in [-0.2, -0.15) is 0 Å². The monoisotopic (exact) mass is 406 g/mol. The molecule has 0 bridgehead atoms. The first-order valence-corrected chi connectivity index (χ1v) is 9.45. The highest BCUT2D eigenvalue weighted by Gasteiger charge is 2.28. The number of halogens is 1. The number of rotatable bonds is 5. The van der Waals surface area contributed by atoms with E-state index in [0.717, 1.165) is 17.1 Å². The molecule has 2 aromatic rings. The maximum absolute atomic E-state index is 13.3. The molecule has 9 nitrogen and oxygen atoms in total. The Kier molecular flexibility index (Phi) is 5.01. The van der Waals surface area contributed by atoms with Crippen LogP contribution in [0, 0.1) is 12.7 Å². The van der Waals surface area contributed by atoms with Crippen LogP contribution in [0.1, 0.15) is 15.9 Å². The fourth-order valence-electron chi connectivity index (χ4n) is 2.41. The Labute approximate surface area is 159 Å². The van der Waals surface area contributed by atoms with Crippen LogP contribution in [0.3, 0.4) is 0 Å². The van der Waals surface area contributed by atoms with Crippen LogP contribution in [0.5, 0.6) is 0 Å². The number of nitrogens with one attached hydrogen (secondary N) is 3. The number of hydrazine groups is 1. The van der Waals surface area contributed by atoms with Crippen molar-refractivity contribution >= 4 is 33.6 Å². The predicted molar refractivity (Wildman–Crippen MR) is 96.1 cm³/mol. The second kappa shape index (κ2) is 7.27. The highest BCUT2D eigenvalue weighted by Crippen LogP contribution is 2.19. The van der Waals surface area contributed by atoms with Crippen LogP contribution in [0.25, 0.3) is 0 Å². The molecule has 1 aliphatic heterocycles. The molecule has 146 valence electrons. The maximum atomic E-state index is 13.3. The Bertz CT molecular complexity index is 1070. The van der Waals surface area contributed by atoms with E-state index in [1.807, 2.05) is 5.32 Å². The maximum Gasteiger partial charge on any atom is 0.343 e. The van der Waals surface area contributed by atoms with Gasteiger partial charge in [0.1, 0.15) is 12.4 Å². The minimum atomic E-state index is -3.93. The van der Waals surface area contributed by atoms with Gasteiger partial charge in [-0.15, -0.1) is 0 Å². The molecule has 0 radical (unpaired) electrons. The van der Waals surface area contributed by atoms with Crippen molar-refractivity contribution in [2.75, 3.05) is 11.3 Å². The Balaban J connectivity index is 1.70. The molecule has 0 aromatic heterocycles. The van der Waals surface area contributed by atoms with Crippen molar-refractivity contribution in [1.82, 2.24) is 15.8 Å². The van der Waals surface area contributed by atoms with Gasteiger partial charge in [0.25, 0.3) is 15.9 Å². The Morgan fingerprint density at radius 1 is 1.14 bits per heavy atom. The first-order chi connectivity index (χ1) is 13.2. The van der Waals surface area contributed by atoms with E-state index in [-0.39, 0.29) is 28.3 Å². The quantitative estimate of drug-likeness (QED) is 0.642. The van der Waals surface area contributed by atoms with E-state index in [4.69, 9.17) is 0 Å². The standard InChI is InChI=1S/C17H15FN4O5S/c1-10-8-13(6-7-14(10)18)28(26,27)21-12-4-2-11(3-5-12)16(24)20-22-9-15(23)19-17(22)25/h2-8,21H,9H2,1H3,(H,20,24)(H,19,23,25). The number of benzene rings is 2. The Hall–Kier alpha value is -3.47. The summed E-state index contributed by atoms with van der Waals surface area (Å²) in [5, 5.41) is 2.85. The van der Waals surface area contributed by atoms with Gasteiger partial charge < -0.3 is 0 Å². The number of hydrogen-bond acceptors (Lipinski definition) is 5. The fourth-order valence-corrected chi connectivity index (χ4v) is 3.55. The van der Waals surface area contributed by atoms with Crippen molar-refractivity contribution in [3.63, 3.8) is 0 Å². The van der Waals surface area contributed by atoms with Crippen LogP contribution in [0.15, 0.2) is 47.4 Å². The van der Waals surface area contributed by atoms with Crippen molar-refractivity contribution in [2.45, 2.75) is 11.8 Å². The summed E-state index contributed by atoms with van der Waals surface area (Å²) in [6, 6.07) is 8.10. The third kappa shape index (κ3) is 4.09. The summed E-state index contributed by atoms with van der Waals surface area (Å²) in [5.74, 6) is -1.69. The largest absolute Gasteiger partial charge is 0.343 e. The Morgan fingerprint density at radius 3 is 2.39 bits per heavy atom. The van der Waals surface area contributed by atoms with Gasteiger partial charge in [-0.1, -0.05) is 0 Å². The van der Waals surface area contributed by atoms with E-state index in [2.05, 4.69) is 10.1 Å². The molecule has 0 atom stereocenters. The molecule has 0 saturated carbocycles. The molecular weight excluding hydrogens is 391 g/mol. The number of imide groups is 1. The zero-order valence-electron chi connectivity index (χ0n) is 14.5. The van der Waals surface area contributed by atoms with E-state index in [1.165, 1.54) is 37.3 Å². The molecule has 1 heterocycles. The number of urea groups is 1. The first kappa shape index (κ1) is 19.3. The number of aryl methyl sites for hydroxylation is 1. The summed E-state index contributed by atoms with van der Waals surface area (Å²) >= 11 is 0. The second-order valence-electron chi connectivity index (χ2n) is 5.97. The van der Waals surface area contributed by atoms with Crippen molar-refractivity contribution in [1.29, 1.82) is 0 Å². The lowest BCUT2D eigenvalue weighted by Crippen LogP contribution is -2.44. The van der Waals surface area contributed by atoms with Crippen LogP contribution in [-0.2, 0) is 14.8 Å². The number of carbonyl (C=O) groups is 3. The topological polar surface area (TPSA) is 125 Å². The summed E-state index contributed by atoms with van der Waals surface area (Å²) in [6.45, 7) is 1.16. The zero-order valence-corrected chi connectivity index (χ0v) is 15.3. The van der Waals surface area contributed by atoms with Gasteiger partial charge >= 0.3 is 6.03 Å². The molecule has 11 heteroatoms. The summed E-state index contributed by atoms with van der Waals surface area (Å²) in [6.07, 6.45) is 0. The fraction of sp³-hybridized carbons (Fsp3) is 0.118. The molecule has 0 spiro atoms. The molecule has 1 fully saturated rings. The summed E-state index contributed by atoms with van der Waals surface area (Å²) < 4.78 is 40.4. The van der Waals surface area contributed by atoms with E-state index in [1.54, 1.807) is 0 Å². The number of anilines is 1. The third-order valence-corrected chi connectivity index (χ3v) is 5.25. The molecule has 28 heavy (non-hydrogen) atoms. The molecule has 1 aliphatic rings. The van der Waals surface area contributed by atoms with E-state index < -0.39 is 33.7 Å². The molecular formula is C17H15FN4O5S. The van der Waals surface area contributed by atoms with Gasteiger partial charge in [-0.3, -0.25) is 25.1 Å². The molecule has 0 unspecified atom stereocenters. The average molecular weight is 406 g/mol. The van der Waals surface area contributed by atoms with Gasteiger partial charge in [0.2, 0.25) is 5.91 Å². The highest BCUT2D eigenvalue weighted by molar-refractivity contribution is 7.92. The molecule has 4 amide bonds. The van der Waals surface area contributed by atoms with Gasteiger partial charge in [-0.05, 0) is 55.0 Å². The lowest BCUT2D eigenvalue weighted by Gasteiger charge is -2.14. The number of amides is 4. The minimum absolute atomic E-state index is 0.0991. The zero-order chi connectivity index (χ0) is 20.5. The van der Waals surface area contributed by atoms with Crippen LogP contribution in [0.2, 0.25) is 0 Å². The predicted octanol–water partition coefficient (Wildman–Crippen LogP) is 1.13. The van der Waals surface area contributed by atoms with Gasteiger partial charge in [0, 0.05) is 11.3 Å². The number of nitrogens with zero attached hydrogens (tertiary/aromatic N) is 1. The van der Waals surface area contributed by atoms with E-state index in [0.29, 0.717) is 0 Å². The van der Waals surface area contributed by atoms with Gasteiger partial charge in [0.15, 0.2) is 0 Å². The first-order valence-electron chi connectivity index (χ1n) is 7.97. The van der Waals surface area contributed by atoms with Crippen LogP contribution in [-0.4, -0.2) is 37.8 Å². The van der Waals surface area contributed by atoms with E-state index in [9.17, 15) is 27.2 Å². The number of hydrogen-bond donors (Lipinski definition) is 3. The number of sulfonamides is 1. The summed E-state index contributed by atoms with van der Waals surface area (Å²) in [7, 11) is -3.93. The van der Waals surface area contributed by atoms with Crippen LogP contribution in [0.4, 0.5) is 14.9 Å². The van der Waals surface area contributed by atoms with Crippen molar-refractivity contribution in [2.24, 2.45) is 0 Å². The summed E-state index contributed by atoms with van der Waals surface area (Å²) in [4.78, 5) is 34.5. The van der Waals surface area contributed by atoms with Gasteiger partial charge in [0.05, 0.1) is 4.90 Å². The van der Waals surface area contributed by atoms with Crippen molar-refractivity contribution < 1.29 is 27.2 Å². The lowest BCUT2D eigenvalue weighted by molar-refractivity contribution is -0.118. The lowest BCUT2D eigenvalue weighted by atomic mass is 10.2. The smallest absolute Gasteiger partial charge is 0.280 e. The van der Waals surface area contributed by atoms with Crippen molar-refractivity contribution in [3.05, 3.63) is 59.4 Å². The minimum Gasteiger partial charge on any atom is -0.280 e. The number of carbonyl (C=O) groups excluding carboxylic acids is 3. The second-order valence-corrected chi connectivity index (χ2v) is 7.66. The van der Waals surface area contributed by atoms with Crippen LogP contribution >= 0.6 is 0 Å². The molecule has 2 aromatic carbocycles. The Morgan fingerprint density at radius 2 is 1.82 bits per heavy atom. The van der Waals surface area contributed by atoms with Crippen LogP contribution < -0.4 is 15.5 Å². The summed E-state index contributed by atoms with van der Waals surface area (Å²) in [5.41, 5.74) is 2.80. The highest BCUT2D eigenvalue weighted by atomic mass is 32.2. The normalized spacial score (nSPS) is 14.0. The van der Waals surface area contributed by atoms with Gasteiger partial charge in [-0.25, -0.2) is 22.6 Å². The van der Waals surface area contributed by atoms with Crippen molar-refractivity contribution in [3.8, 4) is 0 Å². The average Bonchev–Trinajstić information content (AvgIpc) is 2.94. The molecule has 1 saturated heterocycles. The molecule has 3 rings (SSSR count). The molecule has 3 N–H and O–H groups in total. The molecule has 0 aliphatic carbocycles. The van der Waals surface area contributed by atoms with E-state index >= 15 is 0 Å². The third-order valence-electron chi connectivity index (χ3n) is 3.87. The SMILES string of the molecule is Cc1cc(S(=O)(=O)Nc2ccc(C(=O)NN3CC(=O)NC3=O)cc2)ccc1F.